The lowest BCUT2D eigenvalue weighted by molar-refractivity contribution is 0.0635. The Kier molecular flexibility index (Phi) is 5.93. The summed E-state index contributed by atoms with van der Waals surface area (Å²) in [4.78, 5) is 12.2. The molecule has 2 N–H and O–H groups in total. The summed E-state index contributed by atoms with van der Waals surface area (Å²) in [7, 11) is 0. The number of benzene rings is 2. The molecule has 6 nitrogen and oxygen atoms in total. The Hall–Kier alpha value is -2.15. The van der Waals surface area contributed by atoms with Crippen LogP contribution in [0, 0.1) is 0 Å². The van der Waals surface area contributed by atoms with E-state index in [0.29, 0.717) is 46.5 Å². The standard InChI is InChI=1S/C20H21Cl2NO5/c1-20(2,3)28-19(25)23-14-6-4-11(21)10-13(14)17(24)12-5-7-15-18(16(12)22)27-9-8-26-15/h4-7,10,17,24H,8-9H2,1-3H3,(H,23,25). The highest BCUT2D eigenvalue weighted by Gasteiger charge is 2.25. The highest BCUT2D eigenvalue weighted by Crippen LogP contribution is 2.43. The number of carbonyl (C=O) groups excluding carboxylic acids is 1. The molecule has 8 heteroatoms. The normalized spacial score (nSPS) is 14.4. The van der Waals surface area contributed by atoms with Gasteiger partial charge >= 0.3 is 6.09 Å². The average molecular weight is 426 g/mol. The third-order valence-corrected chi connectivity index (χ3v) is 4.54. The number of ether oxygens (including phenoxy) is 3. The van der Waals surface area contributed by atoms with E-state index < -0.39 is 17.8 Å². The molecule has 0 saturated heterocycles. The molecular weight excluding hydrogens is 405 g/mol. The van der Waals surface area contributed by atoms with Gasteiger partial charge in [0.05, 0.1) is 10.7 Å². The highest BCUT2D eigenvalue weighted by atomic mass is 35.5. The molecule has 3 rings (SSSR count). The van der Waals surface area contributed by atoms with Gasteiger partial charge in [-0.25, -0.2) is 4.79 Å². The quantitative estimate of drug-likeness (QED) is 0.706. The van der Waals surface area contributed by atoms with Gasteiger partial charge in [-0.3, -0.25) is 5.32 Å². The summed E-state index contributed by atoms with van der Waals surface area (Å²) in [5.74, 6) is 0.901. The number of aliphatic hydroxyl groups excluding tert-OH is 1. The second-order valence-electron chi connectivity index (χ2n) is 7.25. The minimum atomic E-state index is -1.16. The summed E-state index contributed by atoms with van der Waals surface area (Å²) in [6.07, 6.45) is -1.80. The molecule has 150 valence electrons. The molecule has 1 unspecified atom stereocenters. The van der Waals surface area contributed by atoms with E-state index in [1.165, 1.54) is 0 Å². The van der Waals surface area contributed by atoms with Crippen molar-refractivity contribution in [3.05, 3.63) is 51.5 Å². The molecule has 1 heterocycles. The number of nitrogens with one attached hydrogen (secondary N) is 1. The van der Waals surface area contributed by atoms with Crippen molar-refractivity contribution in [1.29, 1.82) is 0 Å². The number of hydrogen-bond acceptors (Lipinski definition) is 5. The van der Waals surface area contributed by atoms with Crippen LogP contribution in [0.15, 0.2) is 30.3 Å². The maximum absolute atomic E-state index is 12.2. The molecule has 0 fully saturated rings. The molecule has 0 aromatic heterocycles. The zero-order chi connectivity index (χ0) is 20.5. The van der Waals surface area contributed by atoms with E-state index in [-0.39, 0.29) is 5.02 Å². The van der Waals surface area contributed by atoms with Crippen molar-refractivity contribution in [3.8, 4) is 11.5 Å². The van der Waals surface area contributed by atoms with Crippen LogP contribution in [0.5, 0.6) is 11.5 Å². The molecule has 1 aliphatic heterocycles. The predicted molar refractivity (Wildman–Crippen MR) is 108 cm³/mol. The lowest BCUT2D eigenvalue weighted by Crippen LogP contribution is -2.27. The molecule has 28 heavy (non-hydrogen) atoms. The minimum Gasteiger partial charge on any atom is -0.486 e. The number of anilines is 1. The molecule has 0 bridgehead atoms. The van der Waals surface area contributed by atoms with E-state index in [9.17, 15) is 9.90 Å². The van der Waals surface area contributed by atoms with Gasteiger partial charge in [-0.15, -0.1) is 0 Å². The molecule has 2 aromatic carbocycles. The summed E-state index contributed by atoms with van der Waals surface area (Å²) in [6, 6.07) is 8.10. The van der Waals surface area contributed by atoms with Gasteiger partial charge in [0.2, 0.25) is 0 Å². The van der Waals surface area contributed by atoms with E-state index in [1.807, 2.05) is 0 Å². The van der Waals surface area contributed by atoms with Gasteiger partial charge in [-0.05, 0) is 45.0 Å². The van der Waals surface area contributed by atoms with E-state index in [0.717, 1.165) is 0 Å². The van der Waals surface area contributed by atoms with Gasteiger partial charge in [-0.2, -0.15) is 0 Å². The van der Waals surface area contributed by atoms with Crippen LogP contribution in [0.3, 0.4) is 0 Å². The SMILES string of the molecule is CC(C)(C)OC(=O)Nc1ccc(Cl)cc1C(O)c1ccc2c(c1Cl)OCCO2. The molecule has 0 saturated carbocycles. The fourth-order valence-electron chi connectivity index (χ4n) is 2.76. The van der Waals surface area contributed by atoms with Crippen molar-refractivity contribution >= 4 is 35.0 Å². The average Bonchev–Trinajstić information content (AvgIpc) is 2.61. The van der Waals surface area contributed by atoms with Crippen molar-refractivity contribution in [2.75, 3.05) is 18.5 Å². The third kappa shape index (κ3) is 4.63. The predicted octanol–water partition coefficient (Wildman–Crippen LogP) is 5.19. The van der Waals surface area contributed by atoms with Crippen LogP contribution in [0.25, 0.3) is 0 Å². The van der Waals surface area contributed by atoms with E-state index >= 15 is 0 Å². The largest absolute Gasteiger partial charge is 0.486 e. The maximum atomic E-state index is 12.2. The van der Waals surface area contributed by atoms with Crippen molar-refractivity contribution in [3.63, 3.8) is 0 Å². The maximum Gasteiger partial charge on any atom is 0.412 e. The fourth-order valence-corrected chi connectivity index (χ4v) is 3.26. The van der Waals surface area contributed by atoms with Gasteiger partial charge in [0, 0.05) is 16.1 Å². The van der Waals surface area contributed by atoms with E-state index in [4.69, 9.17) is 37.4 Å². The number of aliphatic hydroxyl groups is 1. The van der Waals surface area contributed by atoms with Gasteiger partial charge in [-0.1, -0.05) is 29.3 Å². The fraction of sp³-hybridized carbons (Fsp3) is 0.350. The van der Waals surface area contributed by atoms with Gasteiger partial charge in [0.1, 0.15) is 24.9 Å². The van der Waals surface area contributed by atoms with Crippen LogP contribution >= 0.6 is 23.2 Å². The smallest absolute Gasteiger partial charge is 0.412 e. The van der Waals surface area contributed by atoms with Crippen LogP contribution < -0.4 is 14.8 Å². The second kappa shape index (κ2) is 8.07. The van der Waals surface area contributed by atoms with Crippen LogP contribution in [-0.4, -0.2) is 30.0 Å². The van der Waals surface area contributed by atoms with Crippen molar-refractivity contribution in [1.82, 2.24) is 0 Å². The number of halogens is 2. The lowest BCUT2D eigenvalue weighted by Gasteiger charge is -2.24. The van der Waals surface area contributed by atoms with Crippen molar-refractivity contribution in [2.45, 2.75) is 32.5 Å². The van der Waals surface area contributed by atoms with Gasteiger partial charge < -0.3 is 19.3 Å². The van der Waals surface area contributed by atoms with Crippen molar-refractivity contribution < 1.29 is 24.1 Å². The molecule has 0 aliphatic carbocycles. The highest BCUT2D eigenvalue weighted by molar-refractivity contribution is 6.33. The Morgan fingerprint density at radius 2 is 1.86 bits per heavy atom. The summed E-state index contributed by atoms with van der Waals surface area (Å²) in [5, 5.41) is 14.3. The van der Waals surface area contributed by atoms with Gasteiger partial charge in [0.15, 0.2) is 11.5 Å². The summed E-state index contributed by atoms with van der Waals surface area (Å²) < 4.78 is 16.4. The summed E-state index contributed by atoms with van der Waals surface area (Å²) in [6.45, 7) is 6.09. The van der Waals surface area contributed by atoms with Crippen LogP contribution in [-0.2, 0) is 4.74 Å². The Balaban J connectivity index is 1.95. The topological polar surface area (TPSA) is 77.0 Å². The van der Waals surface area contributed by atoms with Crippen LogP contribution in [0.1, 0.15) is 38.0 Å². The lowest BCUT2D eigenvalue weighted by atomic mass is 9.99. The van der Waals surface area contributed by atoms with Gasteiger partial charge in [0.25, 0.3) is 0 Å². The molecule has 0 radical (unpaired) electrons. The molecule has 1 atom stereocenters. The monoisotopic (exact) mass is 425 g/mol. The summed E-state index contributed by atoms with van der Waals surface area (Å²) >= 11 is 12.6. The van der Waals surface area contributed by atoms with Crippen molar-refractivity contribution in [2.24, 2.45) is 0 Å². The number of rotatable bonds is 3. The number of hydrogen-bond donors (Lipinski definition) is 2. The first-order chi connectivity index (χ1) is 13.2. The first kappa shape index (κ1) is 20.6. The van der Waals surface area contributed by atoms with Crippen LogP contribution in [0.4, 0.5) is 10.5 Å². The Morgan fingerprint density at radius 3 is 2.57 bits per heavy atom. The Morgan fingerprint density at radius 1 is 1.14 bits per heavy atom. The third-order valence-electron chi connectivity index (χ3n) is 3.92. The Bertz CT molecular complexity index is 895. The van der Waals surface area contributed by atoms with E-state index in [1.54, 1.807) is 51.1 Å². The molecular formula is C20H21Cl2NO5. The first-order valence-corrected chi connectivity index (χ1v) is 9.47. The zero-order valence-electron chi connectivity index (χ0n) is 15.7. The Labute approximate surface area is 173 Å². The van der Waals surface area contributed by atoms with E-state index in [2.05, 4.69) is 5.32 Å². The zero-order valence-corrected chi connectivity index (χ0v) is 17.2. The molecule has 0 spiro atoms. The number of amides is 1. The number of carbonyl (C=O) groups is 1. The first-order valence-electron chi connectivity index (χ1n) is 8.71. The summed E-state index contributed by atoms with van der Waals surface area (Å²) in [5.41, 5.74) is 0.475. The number of fused-ring (bicyclic) bond motifs is 1. The van der Waals surface area contributed by atoms with Crippen LogP contribution in [0.2, 0.25) is 10.0 Å². The molecule has 2 aromatic rings. The minimum absolute atomic E-state index is 0.243. The molecule has 1 aliphatic rings. The second-order valence-corrected chi connectivity index (χ2v) is 8.07. The molecule has 1 amide bonds.